The van der Waals surface area contributed by atoms with E-state index in [4.69, 9.17) is 9.47 Å². The van der Waals surface area contributed by atoms with E-state index >= 15 is 0 Å². The molecule has 0 spiro atoms. The second-order valence-electron chi connectivity index (χ2n) is 7.50. The highest BCUT2D eigenvalue weighted by molar-refractivity contribution is 5.79. The lowest BCUT2D eigenvalue weighted by Crippen LogP contribution is -2.40. The highest BCUT2D eigenvalue weighted by Gasteiger charge is 2.32. The Kier molecular flexibility index (Phi) is 6.09. The maximum absolute atomic E-state index is 12.6. The molecule has 0 heterocycles. The van der Waals surface area contributed by atoms with Gasteiger partial charge in [-0.1, -0.05) is 60.7 Å². The number of hydrogen-bond donors (Lipinski definition) is 3. The third-order valence-electron chi connectivity index (χ3n) is 5.66. The molecule has 0 aliphatic heterocycles. The number of carboxylic acids is 1. The van der Waals surface area contributed by atoms with E-state index in [0.717, 1.165) is 22.3 Å². The van der Waals surface area contributed by atoms with Crippen molar-refractivity contribution in [1.29, 1.82) is 0 Å². The van der Waals surface area contributed by atoms with Gasteiger partial charge in [0.05, 0.1) is 13.2 Å². The lowest BCUT2D eigenvalue weighted by molar-refractivity contribution is -0.148. The predicted octanol–water partition coefficient (Wildman–Crippen LogP) is 3.72. The van der Waals surface area contributed by atoms with E-state index in [2.05, 4.69) is 5.32 Å². The molecule has 1 aliphatic carbocycles. The molecule has 32 heavy (non-hydrogen) atoms. The molecule has 0 fully saturated rings. The number of ether oxygens (including phenoxy) is 2. The number of nitrogens with one attached hydrogen (secondary N) is 1. The SMILES string of the molecule is COc1ccc([C@@H](NC(=O)OCC2c3ccccc3-c3ccccc32)[C@@H](O)C(=O)O)cc1. The predicted molar refractivity (Wildman–Crippen MR) is 118 cm³/mol. The number of amides is 1. The van der Waals surface area contributed by atoms with E-state index < -0.39 is 24.2 Å². The second-order valence-corrected chi connectivity index (χ2v) is 7.50. The van der Waals surface area contributed by atoms with Crippen LogP contribution in [0.5, 0.6) is 5.75 Å². The molecule has 7 heteroatoms. The minimum Gasteiger partial charge on any atom is -0.497 e. The van der Waals surface area contributed by atoms with Crippen LogP contribution in [0.25, 0.3) is 11.1 Å². The third kappa shape index (κ3) is 4.15. The quantitative estimate of drug-likeness (QED) is 0.525. The van der Waals surface area contributed by atoms with Gasteiger partial charge in [-0.3, -0.25) is 0 Å². The van der Waals surface area contributed by atoms with Crippen LogP contribution in [0, 0.1) is 0 Å². The first-order valence-electron chi connectivity index (χ1n) is 10.2. The average molecular weight is 433 g/mol. The fraction of sp³-hybridized carbons (Fsp3) is 0.200. The van der Waals surface area contributed by atoms with Crippen molar-refractivity contribution in [3.8, 4) is 16.9 Å². The van der Waals surface area contributed by atoms with E-state index in [0.29, 0.717) is 11.3 Å². The monoisotopic (exact) mass is 433 g/mol. The molecule has 0 bridgehead atoms. The number of aliphatic hydroxyl groups is 1. The number of carboxylic acid groups (broad SMARTS) is 1. The summed E-state index contributed by atoms with van der Waals surface area (Å²) in [5.74, 6) is -1.01. The molecule has 0 aromatic heterocycles. The number of benzene rings is 3. The van der Waals surface area contributed by atoms with Gasteiger partial charge in [0, 0.05) is 5.92 Å². The van der Waals surface area contributed by atoms with Gasteiger partial charge in [-0.05, 0) is 39.9 Å². The van der Waals surface area contributed by atoms with Gasteiger partial charge in [-0.15, -0.1) is 0 Å². The van der Waals surface area contributed by atoms with Gasteiger partial charge in [0.15, 0.2) is 6.10 Å². The Morgan fingerprint density at radius 3 is 2.03 bits per heavy atom. The molecule has 2 atom stereocenters. The number of aliphatic carboxylic acids is 1. The van der Waals surface area contributed by atoms with E-state index in [1.807, 2.05) is 48.5 Å². The summed E-state index contributed by atoms with van der Waals surface area (Å²) >= 11 is 0. The maximum atomic E-state index is 12.6. The second kappa shape index (κ2) is 9.11. The molecule has 0 unspecified atom stereocenters. The number of methoxy groups -OCH3 is 1. The Morgan fingerprint density at radius 2 is 1.50 bits per heavy atom. The summed E-state index contributed by atoms with van der Waals surface area (Å²) in [4.78, 5) is 24.0. The highest BCUT2D eigenvalue weighted by atomic mass is 16.5. The maximum Gasteiger partial charge on any atom is 0.407 e. The number of carbonyl (C=O) groups excluding carboxylic acids is 1. The molecule has 1 amide bonds. The summed E-state index contributed by atoms with van der Waals surface area (Å²) in [6, 6.07) is 21.2. The summed E-state index contributed by atoms with van der Waals surface area (Å²) < 4.78 is 10.6. The Labute approximate surface area is 185 Å². The summed E-state index contributed by atoms with van der Waals surface area (Å²) in [5.41, 5.74) is 4.76. The van der Waals surface area contributed by atoms with Gasteiger partial charge < -0.3 is 25.0 Å². The summed E-state index contributed by atoms with van der Waals surface area (Å²) in [7, 11) is 1.51. The van der Waals surface area contributed by atoms with E-state index in [1.165, 1.54) is 7.11 Å². The molecule has 3 aromatic rings. The van der Waals surface area contributed by atoms with Gasteiger partial charge in [-0.25, -0.2) is 9.59 Å². The zero-order valence-electron chi connectivity index (χ0n) is 17.4. The first kappa shape index (κ1) is 21.4. The molecule has 7 nitrogen and oxygen atoms in total. The summed E-state index contributed by atoms with van der Waals surface area (Å²) in [6.07, 6.45) is -2.66. The summed E-state index contributed by atoms with van der Waals surface area (Å²) in [6.45, 7) is 0.0817. The van der Waals surface area contributed by atoms with E-state index in [-0.39, 0.29) is 12.5 Å². The normalized spacial score (nSPS) is 14.1. The van der Waals surface area contributed by atoms with Crippen molar-refractivity contribution in [2.75, 3.05) is 13.7 Å². The molecule has 164 valence electrons. The third-order valence-corrected chi connectivity index (χ3v) is 5.66. The van der Waals surface area contributed by atoms with Gasteiger partial charge in [0.2, 0.25) is 0 Å². The number of carbonyl (C=O) groups is 2. The van der Waals surface area contributed by atoms with Crippen LogP contribution in [0.15, 0.2) is 72.8 Å². The molecule has 0 saturated heterocycles. The van der Waals surface area contributed by atoms with Crippen LogP contribution in [0.3, 0.4) is 0 Å². The van der Waals surface area contributed by atoms with Crippen LogP contribution in [-0.2, 0) is 9.53 Å². The zero-order valence-corrected chi connectivity index (χ0v) is 17.4. The number of aliphatic hydroxyl groups excluding tert-OH is 1. The Hall–Kier alpha value is -3.84. The van der Waals surface area contributed by atoms with Crippen LogP contribution in [0.4, 0.5) is 4.79 Å². The first-order chi connectivity index (χ1) is 15.5. The molecular formula is C25H23NO6. The average Bonchev–Trinajstić information content (AvgIpc) is 3.14. The molecule has 0 radical (unpaired) electrons. The molecule has 3 N–H and O–H groups in total. The minimum absolute atomic E-state index is 0.0817. The van der Waals surface area contributed by atoms with Crippen molar-refractivity contribution < 1.29 is 29.3 Å². The van der Waals surface area contributed by atoms with Crippen LogP contribution in [0.1, 0.15) is 28.7 Å². The van der Waals surface area contributed by atoms with Crippen LogP contribution >= 0.6 is 0 Å². The number of rotatable bonds is 7. The van der Waals surface area contributed by atoms with Crippen LogP contribution in [-0.4, -0.2) is 42.1 Å². The number of fused-ring (bicyclic) bond motifs is 3. The lowest BCUT2D eigenvalue weighted by Gasteiger charge is -2.22. The van der Waals surface area contributed by atoms with Crippen molar-refractivity contribution in [2.24, 2.45) is 0 Å². The van der Waals surface area contributed by atoms with Crippen LogP contribution < -0.4 is 10.1 Å². The van der Waals surface area contributed by atoms with Crippen molar-refractivity contribution in [2.45, 2.75) is 18.1 Å². The number of alkyl carbamates (subject to hydrolysis) is 1. The van der Waals surface area contributed by atoms with Crippen molar-refractivity contribution in [3.05, 3.63) is 89.5 Å². The zero-order chi connectivity index (χ0) is 22.7. The lowest BCUT2D eigenvalue weighted by atomic mass is 9.98. The summed E-state index contributed by atoms with van der Waals surface area (Å²) in [5, 5.41) is 21.9. The molecular weight excluding hydrogens is 410 g/mol. The molecule has 4 rings (SSSR count). The van der Waals surface area contributed by atoms with Gasteiger partial charge >= 0.3 is 12.1 Å². The smallest absolute Gasteiger partial charge is 0.407 e. The highest BCUT2D eigenvalue weighted by Crippen LogP contribution is 2.44. The largest absolute Gasteiger partial charge is 0.497 e. The van der Waals surface area contributed by atoms with E-state index in [9.17, 15) is 19.8 Å². The van der Waals surface area contributed by atoms with Crippen LogP contribution in [0.2, 0.25) is 0 Å². The topological polar surface area (TPSA) is 105 Å². The fourth-order valence-corrected chi connectivity index (χ4v) is 4.07. The van der Waals surface area contributed by atoms with E-state index in [1.54, 1.807) is 24.3 Å². The van der Waals surface area contributed by atoms with Crippen molar-refractivity contribution in [1.82, 2.24) is 5.32 Å². The van der Waals surface area contributed by atoms with Crippen molar-refractivity contribution in [3.63, 3.8) is 0 Å². The molecule has 3 aromatic carbocycles. The molecule has 1 aliphatic rings. The van der Waals surface area contributed by atoms with Gasteiger partial charge in [0.25, 0.3) is 0 Å². The Bertz CT molecular complexity index is 1080. The Morgan fingerprint density at radius 1 is 0.938 bits per heavy atom. The minimum atomic E-state index is -1.84. The first-order valence-corrected chi connectivity index (χ1v) is 10.2. The standard InChI is InChI=1S/C25H23NO6/c1-31-16-12-10-15(11-13-16)22(23(27)24(28)29)26-25(30)32-14-21-19-8-4-2-6-17(19)18-7-3-5-9-20(18)21/h2-13,21-23,27H,14H2,1H3,(H,26,30)(H,28,29)/t22-,23-/m1/s1. The molecule has 0 saturated carbocycles. The fourth-order valence-electron chi connectivity index (χ4n) is 4.07. The van der Waals surface area contributed by atoms with Gasteiger partial charge in [-0.2, -0.15) is 0 Å². The van der Waals surface area contributed by atoms with Gasteiger partial charge in [0.1, 0.15) is 12.4 Å². The Balaban J connectivity index is 1.50. The number of hydrogen-bond acceptors (Lipinski definition) is 5. The van der Waals surface area contributed by atoms with Crippen molar-refractivity contribution >= 4 is 12.1 Å².